The Hall–Kier alpha value is -3.32. The fourth-order valence-electron chi connectivity index (χ4n) is 4.77. The molecule has 2 unspecified atom stereocenters. The topological polar surface area (TPSA) is 59.1 Å². The van der Waals surface area contributed by atoms with E-state index in [0.29, 0.717) is 23.6 Å². The van der Waals surface area contributed by atoms with E-state index in [1.807, 2.05) is 18.7 Å². The van der Waals surface area contributed by atoms with Gasteiger partial charge in [0, 0.05) is 23.0 Å². The number of thiophene rings is 1. The van der Waals surface area contributed by atoms with Crippen LogP contribution in [0.2, 0.25) is 0 Å². The third kappa shape index (κ3) is 4.52. The van der Waals surface area contributed by atoms with Crippen molar-refractivity contribution in [2.24, 2.45) is 0 Å². The molecule has 2 amide bonds. The molecule has 0 fully saturated rings. The average molecular weight is 491 g/mol. The quantitative estimate of drug-likeness (QED) is 0.477. The van der Waals surface area contributed by atoms with Crippen molar-refractivity contribution in [2.45, 2.75) is 45.7 Å². The lowest BCUT2D eigenvalue weighted by molar-refractivity contribution is -0.134. The first-order valence-corrected chi connectivity index (χ1v) is 13.0. The molecule has 1 aromatic heterocycles. The van der Waals surface area contributed by atoms with E-state index in [0.717, 1.165) is 18.4 Å². The Morgan fingerprint density at radius 1 is 1.11 bits per heavy atom. The van der Waals surface area contributed by atoms with E-state index in [9.17, 15) is 9.59 Å². The van der Waals surface area contributed by atoms with E-state index >= 15 is 0 Å². The van der Waals surface area contributed by atoms with Crippen LogP contribution in [0.4, 0.5) is 0 Å². The molecule has 0 N–H and O–H groups in total. The number of fused-ring (bicyclic) bond motifs is 2. The Bertz CT molecular complexity index is 1240. The lowest BCUT2D eigenvalue weighted by Crippen LogP contribution is -2.49. The summed E-state index contributed by atoms with van der Waals surface area (Å²) in [5.74, 6) is 0.980. The molecule has 2 aliphatic heterocycles. The van der Waals surface area contributed by atoms with E-state index < -0.39 is 0 Å². The van der Waals surface area contributed by atoms with Crippen molar-refractivity contribution in [1.82, 2.24) is 9.80 Å². The number of aryl methyl sites for hydroxylation is 1. The van der Waals surface area contributed by atoms with Gasteiger partial charge in [-0.3, -0.25) is 9.59 Å². The SMILES string of the molecule is CCC(C)N(CC(=O)N1CCc2sccc2C1c1ccc(C)cc1)C(=O)c1ccc2c(c1)OCO2. The first kappa shape index (κ1) is 23.4. The molecule has 0 spiro atoms. The van der Waals surface area contributed by atoms with Gasteiger partial charge in [0.1, 0.15) is 6.54 Å². The van der Waals surface area contributed by atoms with E-state index in [1.165, 1.54) is 16.0 Å². The Labute approximate surface area is 210 Å². The molecule has 2 aromatic carbocycles. The van der Waals surface area contributed by atoms with Gasteiger partial charge in [0.15, 0.2) is 11.5 Å². The number of nitrogens with zero attached hydrogens (tertiary/aromatic N) is 2. The van der Waals surface area contributed by atoms with E-state index in [-0.39, 0.29) is 37.2 Å². The summed E-state index contributed by atoms with van der Waals surface area (Å²) < 4.78 is 10.8. The first-order chi connectivity index (χ1) is 17.0. The molecule has 0 aliphatic carbocycles. The predicted octanol–water partition coefficient (Wildman–Crippen LogP) is 5.20. The van der Waals surface area contributed by atoms with Gasteiger partial charge in [-0.15, -0.1) is 11.3 Å². The molecule has 7 heteroatoms. The highest BCUT2D eigenvalue weighted by molar-refractivity contribution is 7.10. The van der Waals surface area contributed by atoms with Crippen LogP contribution in [0.15, 0.2) is 53.9 Å². The van der Waals surface area contributed by atoms with Crippen molar-refractivity contribution in [3.63, 3.8) is 0 Å². The maximum atomic E-state index is 13.8. The highest BCUT2D eigenvalue weighted by Crippen LogP contribution is 2.38. The summed E-state index contributed by atoms with van der Waals surface area (Å²) in [6, 6.07) is 15.5. The number of hydrogen-bond acceptors (Lipinski definition) is 5. The van der Waals surface area contributed by atoms with Crippen LogP contribution >= 0.6 is 11.3 Å². The van der Waals surface area contributed by atoms with Crippen LogP contribution in [0.3, 0.4) is 0 Å². The van der Waals surface area contributed by atoms with Crippen LogP contribution in [-0.4, -0.2) is 47.5 Å². The minimum Gasteiger partial charge on any atom is -0.454 e. The van der Waals surface area contributed by atoms with E-state index in [1.54, 1.807) is 34.4 Å². The number of hydrogen-bond donors (Lipinski definition) is 0. The van der Waals surface area contributed by atoms with Gasteiger partial charge in [-0.05, 0) is 67.5 Å². The van der Waals surface area contributed by atoms with Gasteiger partial charge in [0.05, 0.1) is 6.04 Å². The molecule has 0 bridgehead atoms. The van der Waals surface area contributed by atoms with Gasteiger partial charge < -0.3 is 19.3 Å². The van der Waals surface area contributed by atoms with Crippen molar-refractivity contribution >= 4 is 23.2 Å². The second-order valence-electron chi connectivity index (χ2n) is 9.21. The zero-order valence-electron chi connectivity index (χ0n) is 20.3. The fourth-order valence-corrected chi connectivity index (χ4v) is 5.68. The summed E-state index contributed by atoms with van der Waals surface area (Å²) in [6.07, 6.45) is 1.58. The summed E-state index contributed by atoms with van der Waals surface area (Å²) in [5, 5.41) is 2.11. The Kier molecular flexibility index (Phi) is 6.52. The van der Waals surface area contributed by atoms with Crippen molar-refractivity contribution in [3.05, 3.63) is 81.0 Å². The molecule has 2 aliphatic rings. The van der Waals surface area contributed by atoms with Crippen LogP contribution in [-0.2, 0) is 11.2 Å². The summed E-state index contributed by atoms with van der Waals surface area (Å²) >= 11 is 1.75. The molecule has 3 aromatic rings. The molecule has 0 saturated heterocycles. The average Bonchev–Trinajstić information content (AvgIpc) is 3.55. The van der Waals surface area contributed by atoms with Gasteiger partial charge in [-0.2, -0.15) is 0 Å². The zero-order chi connectivity index (χ0) is 24.5. The van der Waals surface area contributed by atoms with Crippen molar-refractivity contribution < 1.29 is 19.1 Å². The minimum absolute atomic E-state index is 0.0319. The predicted molar refractivity (Wildman–Crippen MR) is 136 cm³/mol. The number of carbonyl (C=O) groups is 2. The Morgan fingerprint density at radius 3 is 2.66 bits per heavy atom. The summed E-state index contributed by atoms with van der Waals surface area (Å²) in [6.45, 7) is 6.91. The standard InChI is InChI=1S/C28H30N2O4S/c1-4-19(3)30(28(32)21-9-10-23-24(15-21)34-17-33-23)16-26(31)29-13-11-25-22(12-14-35-25)27(29)20-7-5-18(2)6-8-20/h5-10,12,14-15,19,27H,4,11,13,16-17H2,1-3H3. The summed E-state index contributed by atoms with van der Waals surface area (Å²) in [5.41, 5.74) is 3.97. The first-order valence-electron chi connectivity index (χ1n) is 12.1. The highest BCUT2D eigenvalue weighted by atomic mass is 32.1. The van der Waals surface area contributed by atoms with Gasteiger partial charge >= 0.3 is 0 Å². The Balaban J connectivity index is 1.43. The monoisotopic (exact) mass is 490 g/mol. The number of ether oxygens (including phenoxy) is 2. The fraction of sp³-hybridized carbons (Fsp3) is 0.357. The van der Waals surface area contributed by atoms with Gasteiger partial charge in [0.2, 0.25) is 12.7 Å². The summed E-state index contributed by atoms with van der Waals surface area (Å²) in [4.78, 5) is 32.4. The number of amides is 2. The molecule has 6 nitrogen and oxygen atoms in total. The molecular weight excluding hydrogens is 460 g/mol. The number of benzene rings is 2. The van der Waals surface area contributed by atoms with Crippen LogP contribution in [0.5, 0.6) is 11.5 Å². The van der Waals surface area contributed by atoms with Crippen molar-refractivity contribution in [3.8, 4) is 11.5 Å². The molecule has 182 valence electrons. The maximum Gasteiger partial charge on any atom is 0.254 e. The lowest BCUT2D eigenvalue weighted by Gasteiger charge is -2.38. The number of carbonyl (C=O) groups excluding carboxylic acids is 2. The van der Waals surface area contributed by atoms with Gasteiger partial charge in [-0.1, -0.05) is 36.8 Å². The van der Waals surface area contributed by atoms with Crippen LogP contribution < -0.4 is 9.47 Å². The van der Waals surface area contributed by atoms with E-state index in [4.69, 9.17) is 9.47 Å². The molecule has 2 atom stereocenters. The van der Waals surface area contributed by atoms with Gasteiger partial charge in [-0.25, -0.2) is 0 Å². The normalized spacial score (nSPS) is 17.1. The third-order valence-corrected chi connectivity index (χ3v) is 7.98. The van der Waals surface area contributed by atoms with Crippen LogP contribution in [0.25, 0.3) is 0 Å². The van der Waals surface area contributed by atoms with Crippen molar-refractivity contribution in [2.75, 3.05) is 19.9 Å². The van der Waals surface area contributed by atoms with Crippen LogP contribution in [0, 0.1) is 6.92 Å². The smallest absolute Gasteiger partial charge is 0.254 e. The zero-order valence-corrected chi connectivity index (χ0v) is 21.1. The largest absolute Gasteiger partial charge is 0.454 e. The molecule has 3 heterocycles. The third-order valence-electron chi connectivity index (χ3n) is 6.99. The second kappa shape index (κ2) is 9.74. The molecular formula is C28H30N2O4S. The molecule has 35 heavy (non-hydrogen) atoms. The molecule has 0 radical (unpaired) electrons. The van der Waals surface area contributed by atoms with Gasteiger partial charge in [0.25, 0.3) is 5.91 Å². The van der Waals surface area contributed by atoms with Crippen LogP contribution in [0.1, 0.15) is 58.2 Å². The Morgan fingerprint density at radius 2 is 1.89 bits per heavy atom. The summed E-state index contributed by atoms with van der Waals surface area (Å²) in [7, 11) is 0. The number of rotatable bonds is 6. The van der Waals surface area contributed by atoms with Crippen molar-refractivity contribution in [1.29, 1.82) is 0 Å². The molecule has 0 saturated carbocycles. The minimum atomic E-state index is -0.175. The second-order valence-corrected chi connectivity index (χ2v) is 10.2. The molecule has 5 rings (SSSR count). The highest BCUT2D eigenvalue weighted by Gasteiger charge is 2.35. The maximum absolute atomic E-state index is 13.8. The van der Waals surface area contributed by atoms with E-state index in [2.05, 4.69) is 42.6 Å². The lowest BCUT2D eigenvalue weighted by atomic mass is 9.92.